The van der Waals surface area contributed by atoms with Crippen LogP contribution in [-0.4, -0.2) is 36.0 Å². The van der Waals surface area contributed by atoms with Crippen LogP contribution in [-0.2, 0) is 15.8 Å². The molecule has 1 fully saturated rings. The highest BCUT2D eigenvalue weighted by molar-refractivity contribution is 6.31. The molecule has 2 heterocycles. The Kier molecular flexibility index (Phi) is 4.83. The van der Waals surface area contributed by atoms with E-state index in [9.17, 15) is 22.8 Å². The number of nitrogens with one attached hydrogen (secondary N) is 1. The number of hydrogen-bond donors (Lipinski definition) is 1. The second-order valence-corrected chi connectivity index (χ2v) is 6.85. The minimum atomic E-state index is -4.59. The maximum Gasteiger partial charge on any atom is 0.417 e. The largest absolute Gasteiger partial charge is 0.417 e. The lowest BCUT2D eigenvalue weighted by molar-refractivity contribution is -0.151. The summed E-state index contributed by atoms with van der Waals surface area (Å²) in [6.45, 7) is 3.49. The summed E-state index contributed by atoms with van der Waals surface area (Å²) in [6.07, 6.45) is -3.96. The summed E-state index contributed by atoms with van der Waals surface area (Å²) in [5.74, 6) is -0.666. The number of rotatable bonds is 3. The van der Waals surface area contributed by atoms with Gasteiger partial charge in [-0.3, -0.25) is 19.8 Å². The van der Waals surface area contributed by atoms with Gasteiger partial charge >= 0.3 is 6.18 Å². The molecule has 0 saturated carbocycles. The van der Waals surface area contributed by atoms with Gasteiger partial charge in [-0.2, -0.15) is 13.2 Å². The molecule has 2 amide bonds. The Morgan fingerprint density at radius 2 is 1.93 bits per heavy atom. The van der Waals surface area contributed by atoms with Crippen molar-refractivity contribution in [1.82, 2.24) is 10.2 Å². The Balaban J connectivity index is 1.94. The number of fused-ring (bicyclic) bond motifs is 1. The van der Waals surface area contributed by atoms with Crippen molar-refractivity contribution < 1.29 is 22.8 Å². The van der Waals surface area contributed by atoms with E-state index in [0.717, 1.165) is 6.07 Å². The summed E-state index contributed by atoms with van der Waals surface area (Å²) < 4.78 is 39.4. The number of guanidine groups is 1. The number of amides is 2. The second-order valence-electron chi connectivity index (χ2n) is 6.44. The van der Waals surface area contributed by atoms with Crippen LogP contribution in [0.1, 0.15) is 32.3 Å². The van der Waals surface area contributed by atoms with Gasteiger partial charge in [0.15, 0.2) is 0 Å². The zero-order chi connectivity index (χ0) is 20.0. The normalized spacial score (nSPS) is 19.6. The van der Waals surface area contributed by atoms with E-state index in [4.69, 9.17) is 11.6 Å². The lowest BCUT2D eigenvalue weighted by Gasteiger charge is -2.44. The minimum absolute atomic E-state index is 0.00354. The molecule has 1 aromatic rings. The Morgan fingerprint density at radius 3 is 2.52 bits per heavy atom. The predicted octanol–water partition coefficient (Wildman–Crippen LogP) is 3.21. The quantitative estimate of drug-likeness (QED) is 0.789. The fourth-order valence-corrected chi connectivity index (χ4v) is 3.55. The van der Waals surface area contributed by atoms with Crippen molar-refractivity contribution >= 4 is 35.1 Å². The van der Waals surface area contributed by atoms with Crippen molar-refractivity contribution in [2.75, 3.05) is 18.2 Å². The van der Waals surface area contributed by atoms with Crippen molar-refractivity contribution in [3.63, 3.8) is 0 Å². The van der Waals surface area contributed by atoms with Crippen LogP contribution < -0.4 is 10.2 Å². The van der Waals surface area contributed by atoms with Crippen molar-refractivity contribution in [3.8, 4) is 0 Å². The Labute approximate surface area is 159 Å². The molecule has 0 aromatic heterocycles. The van der Waals surface area contributed by atoms with Gasteiger partial charge < -0.3 is 4.90 Å². The third kappa shape index (κ3) is 3.13. The third-order valence-corrected chi connectivity index (χ3v) is 5.43. The molecule has 3 rings (SSSR count). The summed E-state index contributed by atoms with van der Waals surface area (Å²) in [7, 11) is 0. The van der Waals surface area contributed by atoms with E-state index in [1.54, 1.807) is 13.8 Å². The molecule has 2 aliphatic heterocycles. The first-order valence-corrected chi connectivity index (χ1v) is 8.81. The van der Waals surface area contributed by atoms with Crippen molar-refractivity contribution in [1.29, 1.82) is 0 Å². The van der Waals surface area contributed by atoms with Gasteiger partial charge in [-0.1, -0.05) is 25.4 Å². The first-order chi connectivity index (χ1) is 12.6. The van der Waals surface area contributed by atoms with E-state index in [1.807, 2.05) is 0 Å². The highest BCUT2D eigenvalue weighted by Crippen LogP contribution is 2.38. The molecule has 6 nitrogen and oxygen atoms in total. The van der Waals surface area contributed by atoms with Crippen molar-refractivity contribution in [3.05, 3.63) is 28.8 Å². The average molecular weight is 403 g/mol. The van der Waals surface area contributed by atoms with Gasteiger partial charge in [-0.05, 0) is 31.0 Å². The molecule has 0 bridgehead atoms. The highest BCUT2D eigenvalue weighted by atomic mass is 35.5. The number of alkyl halides is 3. The fourth-order valence-electron chi connectivity index (χ4n) is 3.33. The maximum absolute atomic E-state index is 13.1. The van der Waals surface area contributed by atoms with Gasteiger partial charge in [0.2, 0.25) is 17.8 Å². The molecule has 146 valence electrons. The summed E-state index contributed by atoms with van der Waals surface area (Å²) in [5.41, 5.74) is -1.91. The van der Waals surface area contributed by atoms with E-state index in [2.05, 4.69) is 10.3 Å². The third-order valence-electron chi connectivity index (χ3n) is 5.10. The van der Waals surface area contributed by atoms with E-state index in [-0.39, 0.29) is 25.0 Å². The molecule has 0 spiro atoms. The first-order valence-electron chi connectivity index (χ1n) is 8.43. The van der Waals surface area contributed by atoms with Crippen LogP contribution in [0.3, 0.4) is 0 Å². The van der Waals surface area contributed by atoms with Gasteiger partial charge in [-0.15, -0.1) is 0 Å². The molecule has 0 aliphatic carbocycles. The second kappa shape index (κ2) is 6.70. The molecule has 0 atom stereocenters. The van der Waals surface area contributed by atoms with E-state index < -0.39 is 34.0 Å². The summed E-state index contributed by atoms with van der Waals surface area (Å²) >= 11 is 5.67. The molecule has 10 heteroatoms. The molecule has 0 radical (unpaired) electrons. The maximum atomic E-state index is 13.1. The Morgan fingerprint density at radius 1 is 1.26 bits per heavy atom. The lowest BCUT2D eigenvalue weighted by atomic mass is 9.78. The molecule has 1 saturated heterocycles. The first kappa shape index (κ1) is 19.5. The molecule has 27 heavy (non-hydrogen) atoms. The van der Waals surface area contributed by atoms with Crippen LogP contribution in [0.4, 0.5) is 18.9 Å². The average Bonchev–Trinajstić information content (AvgIpc) is 2.62. The van der Waals surface area contributed by atoms with Gasteiger partial charge in [0.25, 0.3) is 0 Å². The summed E-state index contributed by atoms with van der Waals surface area (Å²) in [6, 6.07) is 3.54. The molecule has 1 aromatic carbocycles. The number of hydrogen-bond acceptors (Lipinski definition) is 4. The van der Waals surface area contributed by atoms with Crippen LogP contribution in [0, 0.1) is 5.41 Å². The molecular formula is C17H18ClF3N4O2. The van der Waals surface area contributed by atoms with Gasteiger partial charge in [-0.25, -0.2) is 4.99 Å². The topological polar surface area (TPSA) is 65.0 Å². The minimum Gasteiger partial charge on any atom is -0.334 e. The van der Waals surface area contributed by atoms with Gasteiger partial charge in [0, 0.05) is 5.69 Å². The Bertz CT molecular complexity index is 821. The predicted molar refractivity (Wildman–Crippen MR) is 94.1 cm³/mol. The Hall–Kier alpha value is -2.29. The smallest absolute Gasteiger partial charge is 0.334 e. The van der Waals surface area contributed by atoms with Gasteiger partial charge in [0.1, 0.15) is 18.8 Å². The van der Waals surface area contributed by atoms with Crippen molar-refractivity contribution in [2.24, 2.45) is 10.4 Å². The molecule has 2 aliphatic rings. The van der Waals surface area contributed by atoms with E-state index >= 15 is 0 Å². The lowest BCUT2D eigenvalue weighted by Crippen LogP contribution is -2.67. The highest BCUT2D eigenvalue weighted by Gasteiger charge is 2.51. The number of halogens is 4. The standard InChI is InChI=1S/C17H18ClF3N4O2/c1-3-16(4-2)13(26)23-15-22-8-24(9-25(15)14(16)27)10-5-6-12(18)11(7-10)17(19,20)21/h5-7H,3-4,8-9H2,1-2H3,(H,22,23,26). The number of aliphatic imine (C=N–C) groups is 1. The van der Waals surface area contributed by atoms with E-state index in [1.165, 1.54) is 21.9 Å². The zero-order valence-corrected chi connectivity index (χ0v) is 15.5. The summed E-state index contributed by atoms with van der Waals surface area (Å²) in [5, 5.41) is 2.25. The number of nitrogens with zero attached hydrogens (tertiary/aromatic N) is 3. The van der Waals surface area contributed by atoms with Crippen LogP contribution >= 0.6 is 11.6 Å². The van der Waals surface area contributed by atoms with Crippen LogP contribution in [0.15, 0.2) is 23.2 Å². The SMILES string of the molecule is CCC1(CC)C(=O)NC2=NCN(c3ccc(Cl)c(C(F)(F)F)c3)CN2C1=O. The number of benzene rings is 1. The number of carbonyl (C=O) groups excluding carboxylic acids is 2. The van der Waals surface area contributed by atoms with Crippen LogP contribution in [0.2, 0.25) is 5.02 Å². The molecule has 1 N–H and O–H groups in total. The molecular weight excluding hydrogens is 385 g/mol. The monoisotopic (exact) mass is 402 g/mol. The van der Waals surface area contributed by atoms with Gasteiger partial charge in [0.05, 0.1) is 10.6 Å². The number of carbonyl (C=O) groups is 2. The fraction of sp³-hybridized carbons (Fsp3) is 0.471. The van der Waals surface area contributed by atoms with Crippen LogP contribution in [0.25, 0.3) is 0 Å². The summed E-state index contributed by atoms with van der Waals surface area (Å²) in [4.78, 5) is 32.3. The van der Waals surface area contributed by atoms with Crippen LogP contribution in [0.5, 0.6) is 0 Å². The van der Waals surface area contributed by atoms with E-state index in [0.29, 0.717) is 12.8 Å². The van der Waals surface area contributed by atoms with Crippen molar-refractivity contribution in [2.45, 2.75) is 32.9 Å². The zero-order valence-electron chi connectivity index (χ0n) is 14.7. The number of anilines is 1. The molecule has 0 unspecified atom stereocenters.